The molecule has 0 aliphatic carbocycles. The Labute approximate surface area is 67.1 Å². The van der Waals surface area contributed by atoms with Crippen molar-refractivity contribution >= 4 is 24.4 Å². The van der Waals surface area contributed by atoms with E-state index in [9.17, 15) is 4.79 Å². The fourth-order valence-corrected chi connectivity index (χ4v) is 1.36. The van der Waals surface area contributed by atoms with Crippen molar-refractivity contribution < 1.29 is 4.79 Å². The first-order valence-electron chi connectivity index (χ1n) is 3.38. The summed E-state index contributed by atoms with van der Waals surface area (Å²) >= 11 is 0. The Hall–Kier alpha value is 0.330. The molecule has 0 bridgehead atoms. The van der Waals surface area contributed by atoms with Crippen molar-refractivity contribution in [1.29, 1.82) is 0 Å². The van der Waals surface area contributed by atoms with Gasteiger partial charge in [0.1, 0.15) is 0 Å². The zero-order chi connectivity index (χ0) is 7.98. The maximum absolute atomic E-state index is 10.8. The quantitative estimate of drug-likeness (QED) is 0.578. The van der Waals surface area contributed by atoms with Gasteiger partial charge in [0.15, 0.2) is 0 Å². The van der Waals surface area contributed by atoms with Gasteiger partial charge in [0.05, 0.1) is 0 Å². The first-order chi connectivity index (χ1) is 4.72. The fourth-order valence-electron chi connectivity index (χ4n) is 0.738. The summed E-state index contributed by atoms with van der Waals surface area (Å²) in [6.45, 7) is 3.32. The third-order valence-corrected chi connectivity index (χ3v) is 1.76. The van der Waals surface area contributed by atoms with Gasteiger partial charge in [-0.3, -0.25) is 4.79 Å². The van der Waals surface area contributed by atoms with Crippen molar-refractivity contribution in [2.75, 3.05) is 25.4 Å². The smallest absolute Gasteiger partial charge is 0.219 e. The topological polar surface area (TPSA) is 20.3 Å². The summed E-state index contributed by atoms with van der Waals surface area (Å²) in [5.41, 5.74) is 0. The Morgan fingerprint density at radius 1 is 1.30 bits per heavy atom. The monoisotopic (exact) mass is 179 g/mol. The molecule has 0 aliphatic heterocycles. The van der Waals surface area contributed by atoms with E-state index >= 15 is 0 Å². The Balaban J connectivity index is 3.61. The molecule has 2 atom stereocenters. The highest BCUT2D eigenvalue weighted by molar-refractivity contribution is 7.16. The standard InChI is InChI=1S/C6H15NOP2/c1-6(8)7(2-4-9)3-5-10/h2-5,9-10H2,1H3. The Morgan fingerprint density at radius 2 is 1.70 bits per heavy atom. The number of carbonyl (C=O) groups excluding carboxylic acids is 1. The second kappa shape index (κ2) is 6.07. The second-order valence-corrected chi connectivity index (χ2v) is 3.24. The molecule has 0 aromatic carbocycles. The van der Waals surface area contributed by atoms with E-state index in [2.05, 4.69) is 18.5 Å². The molecule has 1 amide bonds. The number of nitrogens with zero attached hydrogens (tertiary/aromatic N) is 1. The Morgan fingerprint density at radius 3 is 1.90 bits per heavy atom. The molecule has 2 nitrogen and oxygen atoms in total. The highest BCUT2D eigenvalue weighted by atomic mass is 31.0. The lowest BCUT2D eigenvalue weighted by molar-refractivity contribution is -0.128. The average Bonchev–Trinajstić information content (AvgIpc) is 1.87. The van der Waals surface area contributed by atoms with Crippen LogP contribution in [0.5, 0.6) is 0 Å². The van der Waals surface area contributed by atoms with Gasteiger partial charge in [0.2, 0.25) is 5.91 Å². The normalized spacial score (nSPS) is 9.50. The van der Waals surface area contributed by atoms with Crippen molar-refractivity contribution in [3.05, 3.63) is 0 Å². The zero-order valence-electron chi connectivity index (χ0n) is 6.34. The van der Waals surface area contributed by atoms with Crippen LogP contribution in [-0.2, 0) is 4.79 Å². The molecule has 4 heteroatoms. The van der Waals surface area contributed by atoms with Crippen LogP contribution < -0.4 is 0 Å². The van der Waals surface area contributed by atoms with Gasteiger partial charge in [0.25, 0.3) is 0 Å². The molecule has 0 aromatic rings. The molecule has 0 aliphatic rings. The molecule has 2 unspecified atom stereocenters. The van der Waals surface area contributed by atoms with Crippen LogP contribution >= 0.6 is 18.5 Å². The lowest BCUT2D eigenvalue weighted by Gasteiger charge is -2.18. The molecule has 0 radical (unpaired) electrons. The molecule has 60 valence electrons. The largest absolute Gasteiger partial charge is 0.342 e. The predicted molar refractivity (Wildman–Crippen MR) is 51.4 cm³/mol. The molecular weight excluding hydrogens is 164 g/mol. The van der Waals surface area contributed by atoms with Crippen LogP contribution in [-0.4, -0.2) is 36.2 Å². The lowest BCUT2D eigenvalue weighted by atomic mass is 10.5. The number of hydrogen-bond donors (Lipinski definition) is 0. The van der Waals surface area contributed by atoms with Crippen molar-refractivity contribution in [3.63, 3.8) is 0 Å². The molecular formula is C6H15NOP2. The SMILES string of the molecule is CC(=O)N(CCP)CCP. The van der Waals surface area contributed by atoms with Crippen LogP contribution in [0.25, 0.3) is 0 Å². The molecule has 0 saturated carbocycles. The maximum Gasteiger partial charge on any atom is 0.219 e. The lowest BCUT2D eigenvalue weighted by Crippen LogP contribution is -2.32. The van der Waals surface area contributed by atoms with Crippen LogP contribution in [0.4, 0.5) is 0 Å². The van der Waals surface area contributed by atoms with Gasteiger partial charge in [0, 0.05) is 20.0 Å². The van der Waals surface area contributed by atoms with Crippen LogP contribution in [0.3, 0.4) is 0 Å². The van der Waals surface area contributed by atoms with E-state index in [0.29, 0.717) is 0 Å². The van der Waals surface area contributed by atoms with Crippen molar-refractivity contribution in [3.8, 4) is 0 Å². The van der Waals surface area contributed by atoms with Gasteiger partial charge < -0.3 is 4.90 Å². The van der Waals surface area contributed by atoms with Crippen molar-refractivity contribution in [2.45, 2.75) is 6.92 Å². The number of hydrogen-bond acceptors (Lipinski definition) is 1. The highest BCUT2D eigenvalue weighted by Gasteiger charge is 2.03. The van der Waals surface area contributed by atoms with E-state index < -0.39 is 0 Å². The third-order valence-electron chi connectivity index (χ3n) is 1.24. The minimum atomic E-state index is 0.171. The number of rotatable bonds is 4. The van der Waals surface area contributed by atoms with Crippen molar-refractivity contribution in [1.82, 2.24) is 4.90 Å². The minimum absolute atomic E-state index is 0.171. The third kappa shape index (κ3) is 4.19. The van der Waals surface area contributed by atoms with Gasteiger partial charge in [-0.15, -0.1) is 18.5 Å². The van der Waals surface area contributed by atoms with E-state index in [1.54, 1.807) is 6.92 Å². The van der Waals surface area contributed by atoms with Crippen LogP contribution in [0.15, 0.2) is 0 Å². The Kier molecular flexibility index (Phi) is 6.27. The number of amides is 1. The molecule has 0 heterocycles. The van der Waals surface area contributed by atoms with Gasteiger partial charge in [-0.05, 0) is 12.3 Å². The summed E-state index contributed by atoms with van der Waals surface area (Å²) in [7, 11) is 5.24. The highest BCUT2D eigenvalue weighted by Crippen LogP contribution is 1.94. The van der Waals surface area contributed by atoms with E-state index in [-0.39, 0.29) is 5.91 Å². The summed E-state index contributed by atoms with van der Waals surface area (Å²) in [5.74, 6) is 0.171. The van der Waals surface area contributed by atoms with Gasteiger partial charge in [-0.25, -0.2) is 0 Å². The summed E-state index contributed by atoms with van der Waals surface area (Å²) < 4.78 is 0. The van der Waals surface area contributed by atoms with Gasteiger partial charge >= 0.3 is 0 Å². The maximum atomic E-state index is 10.8. The zero-order valence-corrected chi connectivity index (χ0v) is 8.65. The van der Waals surface area contributed by atoms with E-state index in [1.807, 2.05) is 4.90 Å². The molecule has 0 rings (SSSR count). The fraction of sp³-hybridized carbons (Fsp3) is 0.833. The summed E-state index contributed by atoms with van der Waals surface area (Å²) in [5, 5.41) is 0. The molecule has 10 heavy (non-hydrogen) atoms. The molecule has 0 saturated heterocycles. The molecule has 0 spiro atoms. The first kappa shape index (κ1) is 10.3. The van der Waals surface area contributed by atoms with E-state index in [1.165, 1.54) is 0 Å². The first-order valence-corrected chi connectivity index (χ1v) is 5.01. The van der Waals surface area contributed by atoms with Gasteiger partial charge in [-0.2, -0.15) is 0 Å². The predicted octanol–water partition coefficient (Wildman–Crippen LogP) is 0.585. The Bertz CT molecular complexity index is 102. The van der Waals surface area contributed by atoms with Crippen LogP contribution in [0.1, 0.15) is 6.92 Å². The molecule has 0 aromatic heterocycles. The van der Waals surface area contributed by atoms with Gasteiger partial charge in [-0.1, -0.05) is 0 Å². The summed E-state index contributed by atoms with van der Waals surface area (Å²) in [6.07, 6.45) is 1.93. The van der Waals surface area contributed by atoms with E-state index in [4.69, 9.17) is 0 Å². The van der Waals surface area contributed by atoms with Crippen molar-refractivity contribution in [2.24, 2.45) is 0 Å². The molecule has 0 fully saturated rings. The van der Waals surface area contributed by atoms with Crippen LogP contribution in [0, 0.1) is 0 Å². The van der Waals surface area contributed by atoms with E-state index in [0.717, 1.165) is 25.4 Å². The summed E-state index contributed by atoms with van der Waals surface area (Å²) in [6, 6.07) is 0. The minimum Gasteiger partial charge on any atom is -0.342 e. The summed E-state index contributed by atoms with van der Waals surface area (Å²) in [4.78, 5) is 12.7. The van der Waals surface area contributed by atoms with Crippen LogP contribution in [0.2, 0.25) is 0 Å². The number of carbonyl (C=O) groups is 1. The average molecular weight is 179 g/mol. The molecule has 0 N–H and O–H groups in total. The second-order valence-electron chi connectivity index (χ2n) is 2.08.